The van der Waals surface area contributed by atoms with E-state index < -0.39 is 75.7 Å². The molecular formula is C56H105O13P. The number of unbranched alkanes of at least 4 members (excludes halogenated alkanes) is 33. The van der Waals surface area contributed by atoms with Crippen LogP contribution in [0.3, 0.4) is 0 Å². The summed E-state index contributed by atoms with van der Waals surface area (Å²) in [5, 5.41) is 50.4. The summed E-state index contributed by atoms with van der Waals surface area (Å²) >= 11 is 0. The monoisotopic (exact) mass is 1020 g/mol. The highest BCUT2D eigenvalue weighted by Gasteiger charge is 2.51. The Balaban J connectivity index is 2.31. The first kappa shape index (κ1) is 66.3. The van der Waals surface area contributed by atoms with Crippen LogP contribution in [0.2, 0.25) is 0 Å². The minimum absolute atomic E-state index is 0.0909. The van der Waals surface area contributed by atoms with Gasteiger partial charge in [0.2, 0.25) is 0 Å². The Bertz CT molecular complexity index is 1310. The van der Waals surface area contributed by atoms with Crippen molar-refractivity contribution in [1.82, 2.24) is 0 Å². The van der Waals surface area contributed by atoms with Gasteiger partial charge in [-0.15, -0.1) is 0 Å². The first-order chi connectivity index (χ1) is 33.9. The molecule has 0 aromatic heterocycles. The van der Waals surface area contributed by atoms with Crippen molar-refractivity contribution in [3.05, 3.63) is 24.3 Å². The van der Waals surface area contributed by atoms with Crippen LogP contribution in [0, 0.1) is 0 Å². The van der Waals surface area contributed by atoms with Crippen molar-refractivity contribution in [1.29, 1.82) is 0 Å². The van der Waals surface area contributed by atoms with Crippen molar-refractivity contribution < 1.29 is 63.1 Å². The van der Waals surface area contributed by atoms with Gasteiger partial charge in [0.15, 0.2) is 6.10 Å². The molecule has 13 nitrogen and oxygen atoms in total. The van der Waals surface area contributed by atoms with Crippen LogP contribution in [-0.2, 0) is 32.7 Å². The Hall–Kier alpha value is -1.67. The van der Waals surface area contributed by atoms with E-state index in [1.54, 1.807) is 0 Å². The Labute approximate surface area is 426 Å². The molecular weight excluding hydrogens is 912 g/mol. The van der Waals surface area contributed by atoms with Gasteiger partial charge >= 0.3 is 19.8 Å². The number of esters is 2. The Morgan fingerprint density at radius 2 is 0.771 bits per heavy atom. The predicted molar refractivity (Wildman–Crippen MR) is 281 cm³/mol. The number of carbonyl (C=O) groups is 2. The molecule has 1 fully saturated rings. The molecule has 0 bridgehead atoms. The van der Waals surface area contributed by atoms with Gasteiger partial charge in [-0.3, -0.25) is 18.6 Å². The maximum absolute atomic E-state index is 12.9. The highest BCUT2D eigenvalue weighted by Crippen LogP contribution is 2.47. The van der Waals surface area contributed by atoms with Crippen molar-refractivity contribution in [2.45, 2.75) is 307 Å². The zero-order valence-corrected chi connectivity index (χ0v) is 45.2. The fourth-order valence-electron chi connectivity index (χ4n) is 8.97. The van der Waals surface area contributed by atoms with E-state index >= 15 is 0 Å². The summed E-state index contributed by atoms with van der Waals surface area (Å²) in [5.41, 5.74) is 0. The summed E-state index contributed by atoms with van der Waals surface area (Å²) in [6.07, 6.45) is 40.9. The summed E-state index contributed by atoms with van der Waals surface area (Å²) in [5.74, 6) is -1.09. The fraction of sp³-hybridized carbons (Fsp3) is 0.893. The largest absolute Gasteiger partial charge is 0.472 e. The number of allylic oxidation sites excluding steroid dienone is 4. The van der Waals surface area contributed by atoms with Crippen molar-refractivity contribution in [2.24, 2.45) is 0 Å². The van der Waals surface area contributed by atoms with E-state index in [-0.39, 0.29) is 12.8 Å². The second-order valence-corrected chi connectivity index (χ2v) is 21.6. The third kappa shape index (κ3) is 37.1. The minimum atomic E-state index is -5.12. The van der Waals surface area contributed by atoms with Crippen molar-refractivity contribution in [3.8, 4) is 0 Å². The normalized spacial score (nSPS) is 20.9. The summed E-state index contributed by atoms with van der Waals surface area (Å²) in [7, 11) is -5.12. The Kier molecular flexibility index (Phi) is 43.5. The number of rotatable bonds is 49. The lowest BCUT2D eigenvalue weighted by molar-refractivity contribution is -0.220. The molecule has 1 rings (SSSR count). The average molecular weight is 1020 g/mol. The number of aliphatic hydroxyl groups is 5. The van der Waals surface area contributed by atoms with Gasteiger partial charge in [-0.2, -0.15) is 0 Å². The SMILES string of the molecule is CCCCC/C=C\C/C=C\CCCCCCCCCC(=O)OC(COC(=O)CCCCCCCCCCCCCCCCCCCCCCCCCC)COP(=O)(O)OC1C(O)C(O)C(O)C(O)C1O. The van der Waals surface area contributed by atoms with Gasteiger partial charge in [-0.05, 0) is 44.9 Å². The van der Waals surface area contributed by atoms with E-state index in [2.05, 4.69) is 38.2 Å². The molecule has 6 atom stereocenters. The lowest BCUT2D eigenvalue weighted by Crippen LogP contribution is -2.64. The number of phosphoric acid groups is 1. The van der Waals surface area contributed by atoms with E-state index in [1.165, 1.54) is 148 Å². The number of ether oxygens (including phenoxy) is 2. The zero-order valence-electron chi connectivity index (χ0n) is 44.3. The maximum Gasteiger partial charge on any atom is 0.472 e. The van der Waals surface area contributed by atoms with E-state index in [4.69, 9.17) is 18.5 Å². The predicted octanol–water partition coefficient (Wildman–Crippen LogP) is 13.1. The van der Waals surface area contributed by atoms with Gasteiger partial charge in [-0.25, -0.2) is 4.57 Å². The first-order valence-electron chi connectivity index (χ1n) is 28.6. The van der Waals surface area contributed by atoms with Gasteiger partial charge in [-0.1, -0.05) is 231 Å². The second kappa shape index (κ2) is 45.9. The highest BCUT2D eigenvalue weighted by atomic mass is 31.2. The first-order valence-corrected chi connectivity index (χ1v) is 30.1. The number of hydrogen-bond donors (Lipinski definition) is 6. The molecule has 0 saturated heterocycles. The number of aliphatic hydroxyl groups excluding tert-OH is 5. The third-order valence-corrected chi connectivity index (χ3v) is 14.5. The van der Waals surface area contributed by atoms with Gasteiger partial charge in [0, 0.05) is 12.8 Å². The highest BCUT2D eigenvalue weighted by molar-refractivity contribution is 7.47. The summed E-state index contributed by atoms with van der Waals surface area (Å²) in [4.78, 5) is 35.9. The molecule has 412 valence electrons. The molecule has 1 saturated carbocycles. The smallest absolute Gasteiger partial charge is 0.462 e. The molecule has 0 heterocycles. The van der Waals surface area contributed by atoms with Crippen LogP contribution in [-0.4, -0.2) is 98.3 Å². The number of hydrogen-bond acceptors (Lipinski definition) is 12. The summed E-state index contributed by atoms with van der Waals surface area (Å²) in [6.45, 7) is 3.32. The molecule has 1 aliphatic rings. The lowest BCUT2D eigenvalue weighted by atomic mass is 9.85. The number of phosphoric ester groups is 1. The fourth-order valence-corrected chi connectivity index (χ4v) is 9.94. The minimum Gasteiger partial charge on any atom is -0.462 e. The molecule has 70 heavy (non-hydrogen) atoms. The van der Waals surface area contributed by atoms with Crippen LogP contribution in [0.1, 0.15) is 264 Å². The van der Waals surface area contributed by atoms with Crippen LogP contribution < -0.4 is 0 Å². The van der Waals surface area contributed by atoms with Crippen LogP contribution in [0.4, 0.5) is 0 Å². The second-order valence-electron chi connectivity index (χ2n) is 20.2. The van der Waals surface area contributed by atoms with Crippen molar-refractivity contribution >= 4 is 19.8 Å². The molecule has 0 radical (unpaired) electrons. The van der Waals surface area contributed by atoms with Crippen molar-refractivity contribution in [3.63, 3.8) is 0 Å². The van der Waals surface area contributed by atoms with Gasteiger partial charge < -0.3 is 39.9 Å². The van der Waals surface area contributed by atoms with E-state index in [0.29, 0.717) is 12.8 Å². The molecule has 0 spiro atoms. The van der Waals surface area contributed by atoms with Gasteiger partial charge in [0.1, 0.15) is 43.2 Å². The molecule has 6 unspecified atom stereocenters. The molecule has 0 aliphatic heterocycles. The van der Waals surface area contributed by atoms with Crippen molar-refractivity contribution in [2.75, 3.05) is 13.2 Å². The number of carbonyl (C=O) groups excluding carboxylic acids is 2. The molecule has 0 amide bonds. The molecule has 1 aliphatic carbocycles. The zero-order chi connectivity index (χ0) is 51.3. The maximum atomic E-state index is 12.9. The van der Waals surface area contributed by atoms with E-state index in [1.807, 2.05) is 0 Å². The molecule has 6 N–H and O–H groups in total. The quantitative estimate of drug-likeness (QED) is 0.0145. The van der Waals surface area contributed by atoms with E-state index in [0.717, 1.165) is 77.0 Å². The van der Waals surface area contributed by atoms with Crippen LogP contribution in [0.15, 0.2) is 24.3 Å². The van der Waals surface area contributed by atoms with Crippen LogP contribution >= 0.6 is 7.82 Å². The van der Waals surface area contributed by atoms with Crippen LogP contribution in [0.25, 0.3) is 0 Å². The molecule has 0 aromatic carbocycles. The van der Waals surface area contributed by atoms with Gasteiger partial charge in [0.25, 0.3) is 0 Å². The Morgan fingerprint density at radius 3 is 1.19 bits per heavy atom. The molecule has 14 heteroatoms. The lowest BCUT2D eigenvalue weighted by Gasteiger charge is -2.41. The summed E-state index contributed by atoms with van der Waals surface area (Å²) in [6, 6.07) is 0. The average Bonchev–Trinajstić information content (AvgIpc) is 3.34. The van der Waals surface area contributed by atoms with Crippen LogP contribution in [0.5, 0.6) is 0 Å². The molecule has 0 aromatic rings. The van der Waals surface area contributed by atoms with Gasteiger partial charge in [0.05, 0.1) is 6.61 Å². The Morgan fingerprint density at radius 1 is 0.443 bits per heavy atom. The third-order valence-electron chi connectivity index (χ3n) is 13.5. The topological polar surface area (TPSA) is 210 Å². The standard InChI is InChI=1S/C56H105O13P/c1-3-5-7-9-11-13-15-17-19-21-22-23-24-25-26-27-29-30-32-34-36-38-40-42-44-49(57)66-46-48(47-67-70(64,65)69-56-54(62)52(60)51(59)53(61)55(56)63)68-50(58)45-43-41-39-37-35-33-31-28-20-18-16-14-12-10-8-6-4-2/h12,14,18,20,48,51-56,59-63H,3-11,13,15-17,19,21-47H2,1-2H3,(H,64,65)/b14-12-,20-18-. The summed E-state index contributed by atoms with van der Waals surface area (Å²) < 4.78 is 33.7. The van der Waals surface area contributed by atoms with E-state index in [9.17, 15) is 44.6 Å².